The first-order valence-corrected chi connectivity index (χ1v) is 7.48. The Morgan fingerprint density at radius 2 is 2.15 bits per heavy atom. The van der Waals surface area contributed by atoms with E-state index < -0.39 is 0 Å². The summed E-state index contributed by atoms with van der Waals surface area (Å²) < 4.78 is 5.40. The first kappa shape index (κ1) is 14.6. The molecule has 1 N–H and O–H groups in total. The van der Waals surface area contributed by atoms with Crippen LogP contribution in [0.5, 0.6) is 5.75 Å². The van der Waals surface area contributed by atoms with Crippen LogP contribution >= 0.6 is 11.3 Å². The third kappa shape index (κ3) is 3.38. The van der Waals surface area contributed by atoms with Crippen LogP contribution in [0.25, 0.3) is 10.4 Å². The van der Waals surface area contributed by atoms with Crippen molar-refractivity contribution in [1.29, 1.82) is 5.26 Å². The van der Waals surface area contributed by atoms with E-state index in [1.165, 1.54) is 11.3 Å². The fraction of sp³-hybridized carbons (Fsp3) is 0.312. The molecule has 2 aromatic rings. The molecule has 0 atom stereocenters. The van der Waals surface area contributed by atoms with E-state index in [0.29, 0.717) is 0 Å². The number of nitriles is 1. The fourth-order valence-corrected chi connectivity index (χ4v) is 2.82. The maximum absolute atomic E-state index is 8.91. The van der Waals surface area contributed by atoms with E-state index in [-0.39, 0.29) is 0 Å². The average Bonchev–Trinajstić information content (AvgIpc) is 2.96. The Bertz CT molecular complexity index is 613. The van der Waals surface area contributed by atoms with Crippen molar-refractivity contribution in [2.45, 2.75) is 19.9 Å². The van der Waals surface area contributed by atoms with Gasteiger partial charge in [-0.15, -0.1) is 11.3 Å². The molecule has 20 heavy (non-hydrogen) atoms. The Balaban J connectivity index is 2.26. The first-order valence-electron chi connectivity index (χ1n) is 6.66. The summed E-state index contributed by atoms with van der Waals surface area (Å²) >= 11 is 1.51. The van der Waals surface area contributed by atoms with Crippen LogP contribution in [0.4, 0.5) is 0 Å². The molecular formula is C16H18N2OS. The van der Waals surface area contributed by atoms with E-state index in [9.17, 15) is 0 Å². The van der Waals surface area contributed by atoms with Gasteiger partial charge in [-0.25, -0.2) is 0 Å². The third-order valence-corrected chi connectivity index (χ3v) is 4.06. The molecule has 0 fully saturated rings. The minimum Gasteiger partial charge on any atom is -0.496 e. The number of hydrogen-bond acceptors (Lipinski definition) is 4. The number of rotatable bonds is 6. The number of hydrogen-bond donors (Lipinski definition) is 1. The summed E-state index contributed by atoms with van der Waals surface area (Å²) in [5.41, 5.74) is 2.27. The van der Waals surface area contributed by atoms with Gasteiger partial charge in [0.15, 0.2) is 0 Å². The predicted molar refractivity (Wildman–Crippen MR) is 83.0 cm³/mol. The molecular weight excluding hydrogens is 268 g/mol. The second kappa shape index (κ2) is 7.09. The van der Waals surface area contributed by atoms with Crippen molar-refractivity contribution < 1.29 is 4.74 Å². The van der Waals surface area contributed by atoms with Gasteiger partial charge in [0.1, 0.15) is 16.7 Å². The third-order valence-electron chi connectivity index (χ3n) is 3.02. The topological polar surface area (TPSA) is 45.0 Å². The monoisotopic (exact) mass is 286 g/mol. The standard InChI is InChI=1S/C16H18N2OS/c1-3-8-18-11-13-9-12(4-6-15(13)19-2)16-7-5-14(10-17)20-16/h4-7,9,18H,3,8,11H2,1-2H3. The SMILES string of the molecule is CCCNCc1cc(-c2ccc(C#N)s2)ccc1OC. The lowest BCUT2D eigenvalue weighted by molar-refractivity contribution is 0.408. The molecule has 104 valence electrons. The zero-order valence-corrected chi connectivity index (χ0v) is 12.6. The highest BCUT2D eigenvalue weighted by Crippen LogP contribution is 2.31. The molecule has 0 radical (unpaired) electrons. The zero-order chi connectivity index (χ0) is 14.4. The van der Waals surface area contributed by atoms with Gasteiger partial charge >= 0.3 is 0 Å². The van der Waals surface area contributed by atoms with Gasteiger partial charge in [0.25, 0.3) is 0 Å². The number of nitrogens with zero attached hydrogens (tertiary/aromatic N) is 1. The van der Waals surface area contributed by atoms with Crippen LogP contribution in [-0.4, -0.2) is 13.7 Å². The van der Waals surface area contributed by atoms with Crippen molar-refractivity contribution in [3.63, 3.8) is 0 Å². The van der Waals surface area contributed by atoms with Gasteiger partial charge in [0, 0.05) is 17.0 Å². The molecule has 0 saturated heterocycles. The van der Waals surface area contributed by atoms with Gasteiger partial charge < -0.3 is 10.1 Å². The van der Waals surface area contributed by atoms with Crippen LogP contribution in [0.1, 0.15) is 23.8 Å². The molecule has 1 aromatic carbocycles. The lowest BCUT2D eigenvalue weighted by Gasteiger charge is -2.11. The second-order valence-electron chi connectivity index (χ2n) is 4.48. The lowest BCUT2D eigenvalue weighted by atomic mass is 10.1. The van der Waals surface area contributed by atoms with Crippen molar-refractivity contribution >= 4 is 11.3 Å². The van der Waals surface area contributed by atoms with Crippen LogP contribution in [0.3, 0.4) is 0 Å². The Morgan fingerprint density at radius 1 is 1.30 bits per heavy atom. The maximum Gasteiger partial charge on any atom is 0.123 e. The van der Waals surface area contributed by atoms with Gasteiger partial charge in [0.2, 0.25) is 0 Å². The maximum atomic E-state index is 8.91. The van der Waals surface area contributed by atoms with Crippen molar-refractivity contribution in [3.8, 4) is 22.3 Å². The fourth-order valence-electron chi connectivity index (χ4n) is 2.02. The minimum absolute atomic E-state index is 0.737. The Morgan fingerprint density at radius 3 is 2.80 bits per heavy atom. The van der Waals surface area contributed by atoms with Crippen LogP contribution in [0, 0.1) is 11.3 Å². The molecule has 0 amide bonds. The summed E-state index contributed by atoms with van der Waals surface area (Å²) in [6, 6.07) is 12.2. The highest BCUT2D eigenvalue weighted by molar-refractivity contribution is 7.16. The largest absolute Gasteiger partial charge is 0.496 e. The van der Waals surface area contributed by atoms with Gasteiger partial charge in [-0.3, -0.25) is 0 Å². The van der Waals surface area contributed by atoms with Gasteiger partial charge in [-0.2, -0.15) is 5.26 Å². The van der Waals surface area contributed by atoms with E-state index in [1.807, 2.05) is 24.3 Å². The quantitative estimate of drug-likeness (QED) is 0.822. The summed E-state index contributed by atoms with van der Waals surface area (Å²) in [4.78, 5) is 1.85. The molecule has 0 spiro atoms. The van der Waals surface area contributed by atoms with Crippen LogP contribution in [0.2, 0.25) is 0 Å². The molecule has 1 heterocycles. The summed E-state index contributed by atoms with van der Waals surface area (Å²) in [5, 5.41) is 12.3. The number of ether oxygens (including phenoxy) is 1. The molecule has 2 rings (SSSR count). The van der Waals surface area contributed by atoms with Crippen LogP contribution < -0.4 is 10.1 Å². The Labute approximate surface area is 123 Å². The summed E-state index contributed by atoms with van der Waals surface area (Å²) in [5.74, 6) is 0.898. The highest BCUT2D eigenvalue weighted by Gasteiger charge is 2.07. The molecule has 0 saturated carbocycles. The number of thiophene rings is 1. The van der Waals surface area contributed by atoms with E-state index >= 15 is 0 Å². The minimum atomic E-state index is 0.737. The van der Waals surface area contributed by atoms with E-state index in [2.05, 4.69) is 24.4 Å². The van der Waals surface area contributed by atoms with Crippen LogP contribution in [0.15, 0.2) is 30.3 Å². The van der Waals surface area contributed by atoms with Crippen molar-refractivity contribution in [1.82, 2.24) is 5.32 Å². The molecule has 0 aliphatic rings. The van der Waals surface area contributed by atoms with Crippen LogP contribution in [-0.2, 0) is 6.54 Å². The highest BCUT2D eigenvalue weighted by atomic mass is 32.1. The van der Waals surface area contributed by atoms with E-state index in [0.717, 1.165) is 46.1 Å². The number of nitrogens with one attached hydrogen (secondary N) is 1. The number of benzene rings is 1. The van der Waals surface area contributed by atoms with Gasteiger partial charge in [0.05, 0.1) is 7.11 Å². The van der Waals surface area contributed by atoms with Crippen molar-refractivity contribution in [2.75, 3.05) is 13.7 Å². The van der Waals surface area contributed by atoms with Crippen molar-refractivity contribution in [2.24, 2.45) is 0 Å². The normalized spacial score (nSPS) is 10.2. The summed E-state index contributed by atoms with van der Waals surface area (Å²) in [6.45, 7) is 3.93. The number of methoxy groups -OCH3 is 1. The average molecular weight is 286 g/mol. The predicted octanol–water partition coefficient (Wildman–Crippen LogP) is 3.79. The summed E-state index contributed by atoms with van der Waals surface area (Å²) in [7, 11) is 1.69. The molecule has 0 aliphatic carbocycles. The smallest absolute Gasteiger partial charge is 0.123 e. The molecule has 3 nitrogen and oxygen atoms in total. The molecule has 0 bridgehead atoms. The second-order valence-corrected chi connectivity index (χ2v) is 5.56. The Hall–Kier alpha value is -1.83. The molecule has 1 aromatic heterocycles. The van der Waals surface area contributed by atoms with Crippen molar-refractivity contribution in [3.05, 3.63) is 40.8 Å². The van der Waals surface area contributed by atoms with E-state index in [4.69, 9.17) is 10.00 Å². The van der Waals surface area contributed by atoms with Gasteiger partial charge in [-0.1, -0.05) is 6.92 Å². The lowest BCUT2D eigenvalue weighted by Crippen LogP contribution is -2.14. The molecule has 0 unspecified atom stereocenters. The first-order chi connectivity index (χ1) is 9.78. The van der Waals surface area contributed by atoms with E-state index in [1.54, 1.807) is 7.11 Å². The summed E-state index contributed by atoms with van der Waals surface area (Å²) in [6.07, 6.45) is 1.11. The zero-order valence-electron chi connectivity index (χ0n) is 11.8. The molecule has 0 aliphatic heterocycles. The Kier molecular flexibility index (Phi) is 5.16. The molecule has 4 heteroatoms. The van der Waals surface area contributed by atoms with Gasteiger partial charge in [-0.05, 0) is 48.9 Å².